The van der Waals surface area contributed by atoms with E-state index in [0.29, 0.717) is 12.2 Å². The third-order valence-electron chi connectivity index (χ3n) is 2.58. The first kappa shape index (κ1) is 17.3. The van der Waals surface area contributed by atoms with Crippen molar-refractivity contribution in [2.24, 2.45) is 0 Å². The molecule has 0 N–H and O–H groups in total. The van der Waals surface area contributed by atoms with Gasteiger partial charge in [0.15, 0.2) is 0 Å². The number of ether oxygens (including phenoxy) is 2. The van der Waals surface area contributed by atoms with E-state index in [-0.39, 0.29) is 5.76 Å². The van der Waals surface area contributed by atoms with E-state index in [1.807, 2.05) is 16.6 Å². The van der Waals surface area contributed by atoms with Gasteiger partial charge in [-0.2, -0.15) is 0 Å². The van der Waals surface area contributed by atoms with Gasteiger partial charge in [0.2, 0.25) is 5.76 Å². The summed E-state index contributed by atoms with van der Waals surface area (Å²) in [6, 6.07) is 8.37. The van der Waals surface area contributed by atoms with Crippen molar-refractivity contribution in [1.82, 2.24) is 0 Å². The van der Waals surface area contributed by atoms with E-state index in [1.165, 1.54) is 0 Å². The molecule has 0 spiro atoms. The van der Waals surface area contributed by atoms with Gasteiger partial charge in [-0.1, -0.05) is 38.0 Å². The molecule has 0 saturated carbocycles. The van der Waals surface area contributed by atoms with Crippen LogP contribution in [0.1, 0.15) is 36.5 Å². The second-order valence-corrected chi connectivity index (χ2v) is 4.46. The zero-order chi connectivity index (χ0) is 15.5. The Hall–Kier alpha value is -1.77. The Morgan fingerprint density at radius 3 is 2.52 bits per heavy atom. The molecule has 5 nitrogen and oxygen atoms in total. The van der Waals surface area contributed by atoms with Crippen LogP contribution in [0.25, 0.3) is 0 Å². The van der Waals surface area contributed by atoms with Crippen LogP contribution in [-0.2, 0) is 18.1 Å². The van der Waals surface area contributed by atoms with Crippen LogP contribution < -0.4 is 0 Å². The van der Waals surface area contributed by atoms with Crippen LogP contribution in [0.4, 0.5) is 0 Å². The lowest BCUT2D eigenvalue weighted by Crippen LogP contribution is -2.14. The molecule has 6 heteroatoms. The highest BCUT2D eigenvalue weighted by atomic mass is 27.1. The SMILES string of the molecule is CCCCCOC=C(OC(=O)c1ccccc1)C(=O)[O][Al]. The Morgan fingerprint density at radius 2 is 1.90 bits per heavy atom. The molecule has 1 rings (SSSR count). The van der Waals surface area contributed by atoms with Crippen LogP contribution in [0.5, 0.6) is 0 Å². The highest BCUT2D eigenvalue weighted by molar-refractivity contribution is 6.09. The molecule has 2 radical (unpaired) electrons. The molecular weight excluding hydrogens is 287 g/mol. The molecule has 0 aliphatic carbocycles. The molecular formula is C15H17AlO5. The Morgan fingerprint density at radius 1 is 1.19 bits per heavy atom. The zero-order valence-electron chi connectivity index (χ0n) is 11.9. The minimum absolute atomic E-state index is 0.282. The average Bonchev–Trinajstić information content (AvgIpc) is 2.53. The van der Waals surface area contributed by atoms with Gasteiger partial charge in [-0.3, -0.25) is 0 Å². The zero-order valence-corrected chi connectivity index (χ0v) is 13.1. The van der Waals surface area contributed by atoms with Crippen molar-refractivity contribution in [1.29, 1.82) is 0 Å². The molecule has 0 heterocycles. The van der Waals surface area contributed by atoms with Gasteiger partial charge in [0.05, 0.1) is 12.2 Å². The van der Waals surface area contributed by atoms with Gasteiger partial charge in [0.1, 0.15) is 6.26 Å². The fraction of sp³-hybridized carbons (Fsp3) is 0.333. The highest BCUT2D eigenvalue weighted by Crippen LogP contribution is 2.08. The third-order valence-corrected chi connectivity index (χ3v) is 2.79. The van der Waals surface area contributed by atoms with Gasteiger partial charge in [0, 0.05) is 0 Å². The van der Waals surface area contributed by atoms with E-state index in [0.717, 1.165) is 25.5 Å². The first-order valence-corrected chi connectivity index (χ1v) is 7.16. The number of rotatable bonds is 8. The fourth-order valence-electron chi connectivity index (χ4n) is 1.47. The summed E-state index contributed by atoms with van der Waals surface area (Å²) in [5.41, 5.74) is 0.339. The van der Waals surface area contributed by atoms with Gasteiger partial charge in [-0.25, -0.2) is 9.59 Å². The van der Waals surface area contributed by atoms with E-state index < -0.39 is 11.9 Å². The lowest BCUT2D eigenvalue weighted by Gasteiger charge is -2.08. The van der Waals surface area contributed by atoms with Crippen LogP contribution in [0.15, 0.2) is 42.4 Å². The molecule has 110 valence electrons. The summed E-state index contributed by atoms with van der Waals surface area (Å²) in [6.07, 6.45) is 4.07. The number of unbranched alkanes of at least 4 members (excludes halogenated alkanes) is 2. The number of hydrogen-bond acceptors (Lipinski definition) is 5. The van der Waals surface area contributed by atoms with Gasteiger partial charge >= 0.3 is 28.6 Å². The predicted molar refractivity (Wildman–Crippen MR) is 77.3 cm³/mol. The number of carbonyl (C=O) groups excluding carboxylic acids is 2. The summed E-state index contributed by atoms with van der Waals surface area (Å²) in [4.78, 5) is 23.4. The Balaban J connectivity index is 2.63. The summed E-state index contributed by atoms with van der Waals surface area (Å²) < 4.78 is 14.7. The molecule has 21 heavy (non-hydrogen) atoms. The van der Waals surface area contributed by atoms with Gasteiger partial charge in [0.25, 0.3) is 0 Å². The normalized spacial score (nSPS) is 10.8. The van der Waals surface area contributed by atoms with Crippen LogP contribution in [0.3, 0.4) is 0 Å². The van der Waals surface area contributed by atoms with Crippen molar-refractivity contribution in [3.8, 4) is 0 Å². The maximum absolute atomic E-state index is 11.9. The maximum atomic E-state index is 11.9. The first-order valence-electron chi connectivity index (χ1n) is 6.69. The Bertz CT molecular complexity index is 484. The van der Waals surface area contributed by atoms with E-state index in [9.17, 15) is 9.59 Å². The van der Waals surface area contributed by atoms with Crippen LogP contribution in [-0.4, -0.2) is 35.2 Å². The molecule has 0 aromatic heterocycles. The van der Waals surface area contributed by atoms with E-state index >= 15 is 0 Å². The summed E-state index contributed by atoms with van der Waals surface area (Å²) in [7, 11) is 0. The summed E-state index contributed by atoms with van der Waals surface area (Å²) in [5.74, 6) is -1.72. The largest absolute Gasteiger partial charge is 0.622 e. The van der Waals surface area contributed by atoms with Gasteiger partial charge in [-0.15, -0.1) is 0 Å². The molecule has 0 saturated heterocycles. The van der Waals surface area contributed by atoms with Crippen molar-refractivity contribution in [2.45, 2.75) is 26.2 Å². The average molecular weight is 304 g/mol. The number of hydrogen-bond donors (Lipinski definition) is 0. The first-order chi connectivity index (χ1) is 10.2. The minimum Gasteiger partial charge on any atom is -0.622 e. The van der Waals surface area contributed by atoms with Crippen molar-refractivity contribution < 1.29 is 22.9 Å². The monoisotopic (exact) mass is 304 g/mol. The quantitative estimate of drug-likeness (QED) is 0.243. The predicted octanol–water partition coefficient (Wildman–Crippen LogP) is 2.52. The molecule has 0 aliphatic rings. The van der Waals surface area contributed by atoms with Crippen molar-refractivity contribution in [3.05, 3.63) is 47.9 Å². The molecule has 0 bridgehead atoms. The second kappa shape index (κ2) is 10.0. The van der Waals surface area contributed by atoms with Crippen molar-refractivity contribution in [3.63, 3.8) is 0 Å². The smallest absolute Gasteiger partial charge is 0.485 e. The summed E-state index contributed by atoms with van der Waals surface area (Å²) >= 11 is 1.81. The lowest BCUT2D eigenvalue weighted by atomic mass is 10.2. The molecule has 1 aromatic rings. The Kier molecular flexibility index (Phi) is 8.26. The minimum atomic E-state index is -0.792. The van der Waals surface area contributed by atoms with E-state index in [2.05, 4.69) is 10.7 Å². The second-order valence-electron chi connectivity index (χ2n) is 4.22. The van der Waals surface area contributed by atoms with Gasteiger partial charge < -0.3 is 13.3 Å². The standard InChI is InChI=1S/C15H18O5.Al/c1-2-3-7-10-19-11-13(14(16)17)20-15(18)12-8-5-4-6-9-12;/h4-6,8-9,11H,2-3,7,10H2,1H3,(H,16,17);/q;+1/p-1. The number of carbonyl (C=O) groups is 2. The fourth-order valence-corrected chi connectivity index (χ4v) is 1.59. The molecule has 1 aromatic carbocycles. The van der Waals surface area contributed by atoms with Crippen LogP contribution >= 0.6 is 0 Å². The lowest BCUT2D eigenvalue weighted by molar-refractivity contribution is -0.133. The van der Waals surface area contributed by atoms with Crippen LogP contribution in [0.2, 0.25) is 0 Å². The van der Waals surface area contributed by atoms with E-state index in [4.69, 9.17) is 9.47 Å². The summed E-state index contributed by atoms with van der Waals surface area (Å²) in [6.45, 7) is 2.53. The van der Waals surface area contributed by atoms with Crippen LogP contribution in [0, 0.1) is 0 Å². The number of esters is 1. The third kappa shape index (κ3) is 6.48. The topological polar surface area (TPSA) is 61.8 Å². The molecule has 0 fully saturated rings. The van der Waals surface area contributed by atoms with Gasteiger partial charge in [-0.05, 0) is 18.6 Å². The maximum Gasteiger partial charge on any atom is 0.485 e. The molecule has 0 atom stereocenters. The molecule has 0 amide bonds. The molecule has 0 unspecified atom stereocenters. The summed E-state index contributed by atoms with van der Waals surface area (Å²) in [5, 5.41) is 0. The van der Waals surface area contributed by atoms with E-state index in [1.54, 1.807) is 30.3 Å². The van der Waals surface area contributed by atoms with Crippen molar-refractivity contribution in [2.75, 3.05) is 6.61 Å². The molecule has 0 aliphatic heterocycles. The number of benzene rings is 1. The Labute approximate surface area is 132 Å². The van der Waals surface area contributed by atoms with Crippen molar-refractivity contribution >= 4 is 28.6 Å². The highest BCUT2D eigenvalue weighted by Gasteiger charge is 2.17.